The molecule has 0 bridgehead atoms. The highest BCUT2D eigenvalue weighted by Crippen LogP contribution is 2.34. The van der Waals surface area contributed by atoms with E-state index in [4.69, 9.17) is 16.3 Å². The fraction of sp³-hybridized carbons (Fsp3) is 0.182. The number of anilines is 1. The summed E-state index contributed by atoms with van der Waals surface area (Å²) in [5, 5.41) is 0.689. The number of fused-ring (bicyclic) bond motifs is 1. The van der Waals surface area contributed by atoms with Crippen molar-refractivity contribution in [1.82, 2.24) is 13.9 Å². The van der Waals surface area contributed by atoms with E-state index >= 15 is 0 Å². The van der Waals surface area contributed by atoms with E-state index in [-0.39, 0.29) is 15.7 Å². The van der Waals surface area contributed by atoms with Gasteiger partial charge < -0.3 is 9.64 Å². The van der Waals surface area contributed by atoms with Crippen LogP contribution in [0.3, 0.4) is 0 Å². The first-order valence-electron chi connectivity index (χ1n) is 9.81. The molecule has 0 unspecified atom stereocenters. The van der Waals surface area contributed by atoms with Crippen molar-refractivity contribution in [2.24, 2.45) is 0 Å². The van der Waals surface area contributed by atoms with Crippen LogP contribution in [-0.2, 0) is 14.8 Å². The minimum absolute atomic E-state index is 0.174. The van der Waals surface area contributed by atoms with Gasteiger partial charge in [0.25, 0.3) is 10.0 Å². The molecule has 0 radical (unpaired) electrons. The van der Waals surface area contributed by atoms with Gasteiger partial charge >= 0.3 is 0 Å². The summed E-state index contributed by atoms with van der Waals surface area (Å²) in [6.45, 7) is 3.05. The number of aromatic nitrogens is 3. The van der Waals surface area contributed by atoms with Crippen LogP contribution < -0.4 is 4.90 Å². The summed E-state index contributed by atoms with van der Waals surface area (Å²) in [5.74, 6) is 0. The van der Waals surface area contributed by atoms with Crippen LogP contribution in [0, 0.1) is 0 Å². The zero-order chi connectivity index (χ0) is 21.4. The molecule has 0 amide bonds. The third-order valence-electron chi connectivity index (χ3n) is 5.33. The van der Waals surface area contributed by atoms with Crippen LogP contribution in [0.1, 0.15) is 0 Å². The molecule has 0 spiro atoms. The molecule has 7 nitrogen and oxygen atoms in total. The Morgan fingerprint density at radius 2 is 1.65 bits per heavy atom. The molecule has 0 saturated carbocycles. The van der Waals surface area contributed by atoms with Crippen LogP contribution in [0.15, 0.2) is 71.9 Å². The van der Waals surface area contributed by atoms with E-state index in [0.717, 1.165) is 24.3 Å². The van der Waals surface area contributed by atoms with Crippen molar-refractivity contribution < 1.29 is 13.2 Å². The highest BCUT2D eigenvalue weighted by Gasteiger charge is 2.26. The van der Waals surface area contributed by atoms with Gasteiger partial charge in [-0.05, 0) is 35.9 Å². The van der Waals surface area contributed by atoms with Gasteiger partial charge in [0.1, 0.15) is 11.5 Å². The van der Waals surface area contributed by atoms with Crippen molar-refractivity contribution in [2.75, 3.05) is 31.2 Å². The van der Waals surface area contributed by atoms with E-state index in [0.29, 0.717) is 24.3 Å². The second-order valence-electron chi connectivity index (χ2n) is 7.16. The van der Waals surface area contributed by atoms with E-state index in [1.165, 1.54) is 10.3 Å². The molecule has 3 heterocycles. The number of morpholine rings is 1. The van der Waals surface area contributed by atoms with Crippen LogP contribution >= 0.6 is 11.6 Å². The highest BCUT2D eigenvalue weighted by atomic mass is 35.5. The largest absolute Gasteiger partial charge is 0.378 e. The van der Waals surface area contributed by atoms with E-state index in [2.05, 4.69) is 14.9 Å². The number of hydrogen-bond donors (Lipinski definition) is 0. The summed E-state index contributed by atoms with van der Waals surface area (Å²) in [7, 11) is -3.91. The Bertz CT molecular complexity index is 1330. The van der Waals surface area contributed by atoms with Gasteiger partial charge in [0.2, 0.25) is 0 Å². The Morgan fingerprint density at radius 3 is 2.35 bits per heavy atom. The van der Waals surface area contributed by atoms with Gasteiger partial charge in [0.05, 0.1) is 29.2 Å². The maximum absolute atomic E-state index is 13.6. The topological polar surface area (TPSA) is 77.3 Å². The third-order valence-corrected chi connectivity index (χ3v) is 7.35. The molecule has 1 aliphatic heterocycles. The molecule has 2 aromatic heterocycles. The second kappa shape index (κ2) is 7.96. The Labute approximate surface area is 184 Å². The zero-order valence-electron chi connectivity index (χ0n) is 16.5. The fourth-order valence-corrected chi connectivity index (χ4v) is 5.45. The first kappa shape index (κ1) is 20.0. The molecule has 2 aromatic carbocycles. The molecule has 9 heteroatoms. The second-order valence-corrected chi connectivity index (χ2v) is 9.30. The van der Waals surface area contributed by atoms with Crippen LogP contribution in [0.4, 0.5) is 5.69 Å². The first-order chi connectivity index (χ1) is 15.1. The lowest BCUT2D eigenvalue weighted by atomic mass is 10.1. The van der Waals surface area contributed by atoms with Crippen molar-refractivity contribution in [3.05, 3.63) is 72.1 Å². The molecular weight excluding hydrogens is 436 g/mol. The molecule has 0 atom stereocenters. The number of ether oxygens (including phenoxy) is 1. The minimum Gasteiger partial charge on any atom is -0.378 e. The Morgan fingerprint density at radius 1 is 0.935 bits per heavy atom. The van der Waals surface area contributed by atoms with Crippen molar-refractivity contribution >= 4 is 38.3 Å². The number of rotatable bonds is 4. The highest BCUT2D eigenvalue weighted by molar-refractivity contribution is 7.90. The maximum atomic E-state index is 13.6. The molecular formula is C22H19ClN4O3S. The Hall–Kier alpha value is -2.94. The van der Waals surface area contributed by atoms with Gasteiger partial charge in [-0.15, -0.1) is 0 Å². The quantitative estimate of drug-likeness (QED) is 0.436. The van der Waals surface area contributed by atoms with Gasteiger partial charge in [-0.2, -0.15) is 0 Å². The Balaban J connectivity index is 1.67. The van der Waals surface area contributed by atoms with Gasteiger partial charge in [-0.3, -0.25) is 0 Å². The van der Waals surface area contributed by atoms with Crippen LogP contribution in [0.25, 0.3) is 22.3 Å². The van der Waals surface area contributed by atoms with Gasteiger partial charge in [0.15, 0.2) is 5.65 Å². The molecule has 0 N–H and O–H groups in total. The standard InChI is InChI=1S/C22H19ClN4O3S/c23-21-19-14-20(16-6-8-17(9-7-16)26-10-12-30-13-11-26)27(22(19)25-15-24-21)31(28,29)18-4-2-1-3-5-18/h1-9,14-15H,10-13H2. The molecule has 1 aliphatic rings. The van der Waals surface area contributed by atoms with E-state index in [1.807, 2.05) is 24.3 Å². The van der Waals surface area contributed by atoms with Gasteiger partial charge in [-0.1, -0.05) is 41.9 Å². The summed E-state index contributed by atoms with van der Waals surface area (Å²) in [5.41, 5.74) is 2.54. The van der Waals surface area contributed by atoms with Crippen LogP contribution in [-0.4, -0.2) is 48.7 Å². The molecule has 158 valence electrons. The lowest BCUT2D eigenvalue weighted by molar-refractivity contribution is 0.122. The SMILES string of the molecule is O=S(=O)(c1ccccc1)n1c(-c2ccc(N3CCOCC3)cc2)cc2c(Cl)ncnc21. The molecule has 1 fully saturated rings. The summed E-state index contributed by atoms with van der Waals surface area (Å²) in [4.78, 5) is 10.7. The van der Waals surface area contributed by atoms with Crippen molar-refractivity contribution in [3.8, 4) is 11.3 Å². The molecule has 0 aliphatic carbocycles. The molecule has 1 saturated heterocycles. The van der Waals surface area contributed by atoms with Gasteiger partial charge in [0, 0.05) is 18.8 Å². The number of hydrogen-bond acceptors (Lipinski definition) is 6. The molecule has 31 heavy (non-hydrogen) atoms. The molecule has 5 rings (SSSR count). The van der Waals surface area contributed by atoms with Gasteiger partial charge in [-0.25, -0.2) is 22.4 Å². The predicted molar refractivity (Wildman–Crippen MR) is 120 cm³/mol. The minimum atomic E-state index is -3.91. The predicted octanol–water partition coefficient (Wildman–Crippen LogP) is 3.83. The maximum Gasteiger partial charge on any atom is 0.269 e. The normalized spacial score (nSPS) is 14.8. The Kier molecular flexibility index (Phi) is 5.13. The van der Waals surface area contributed by atoms with E-state index in [9.17, 15) is 8.42 Å². The fourth-order valence-electron chi connectivity index (χ4n) is 3.77. The zero-order valence-corrected chi connectivity index (χ0v) is 18.1. The van der Waals surface area contributed by atoms with E-state index in [1.54, 1.807) is 36.4 Å². The average Bonchev–Trinajstić information content (AvgIpc) is 3.22. The molecule has 4 aromatic rings. The third kappa shape index (κ3) is 3.56. The van der Waals surface area contributed by atoms with E-state index < -0.39 is 10.0 Å². The van der Waals surface area contributed by atoms with Crippen molar-refractivity contribution in [1.29, 1.82) is 0 Å². The number of halogens is 1. The number of nitrogens with zero attached hydrogens (tertiary/aromatic N) is 4. The monoisotopic (exact) mass is 454 g/mol. The summed E-state index contributed by atoms with van der Waals surface area (Å²) in [6.07, 6.45) is 1.27. The summed E-state index contributed by atoms with van der Waals surface area (Å²) < 4.78 is 33.8. The lowest BCUT2D eigenvalue weighted by Crippen LogP contribution is -2.36. The van der Waals surface area contributed by atoms with Crippen molar-refractivity contribution in [2.45, 2.75) is 4.90 Å². The lowest BCUT2D eigenvalue weighted by Gasteiger charge is -2.28. The van der Waals surface area contributed by atoms with Crippen molar-refractivity contribution in [3.63, 3.8) is 0 Å². The van der Waals surface area contributed by atoms with Crippen LogP contribution in [0.2, 0.25) is 5.15 Å². The smallest absolute Gasteiger partial charge is 0.269 e. The average molecular weight is 455 g/mol. The summed E-state index contributed by atoms with van der Waals surface area (Å²) >= 11 is 6.27. The number of benzene rings is 2. The first-order valence-corrected chi connectivity index (χ1v) is 11.6. The summed E-state index contributed by atoms with van der Waals surface area (Å²) in [6, 6.07) is 17.8. The van der Waals surface area contributed by atoms with Crippen LogP contribution in [0.5, 0.6) is 0 Å².